The molecule has 5 heteroatoms. The van der Waals surface area contributed by atoms with E-state index in [4.69, 9.17) is 0 Å². The molecule has 1 heterocycles. The van der Waals surface area contributed by atoms with Crippen molar-refractivity contribution in [3.05, 3.63) is 29.8 Å². The van der Waals surface area contributed by atoms with Crippen molar-refractivity contribution in [1.29, 1.82) is 0 Å². The number of benzene rings is 1. The molecule has 0 spiro atoms. The minimum absolute atomic E-state index is 0.000315. The molecule has 1 aliphatic rings. The van der Waals surface area contributed by atoms with E-state index in [9.17, 15) is 9.59 Å². The van der Waals surface area contributed by atoms with E-state index in [2.05, 4.69) is 15.5 Å². The number of carbonyl (C=O) groups excluding carboxylic acids is 2. The first-order valence-corrected chi connectivity index (χ1v) is 8.40. The SMILES string of the molecule is CC[C@@H](C)NC(=O)c1ccccc1NC(=O)[C@@H]1CCCN(C)C1. The molecule has 1 aromatic carbocycles. The zero-order valence-electron chi connectivity index (χ0n) is 14.3. The van der Waals surface area contributed by atoms with Crippen LogP contribution in [0.5, 0.6) is 0 Å². The predicted octanol–water partition coefficient (Wildman–Crippen LogP) is 2.50. The van der Waals surface area contributed by atoms with E-state index in [0.29, 0.717) is 11.3 Å². The van der Waals surface area contributed by atoms with Gasteiger partial charge in [-0.3, -0.25) is 9.59 Å². The van der Waals surface area contributed by atoms with Crippen LogP contribution in [0.2, 0.25) is 0 Å². The molecule has 0 bridgehead atoms. The summed E-state index contributed by atoms with van der Waals surface area (Å²) in [7, 11) is 2.03. The van der Waals surface area contributed by atoms with Crippen LogP contribution in [-0.2, 0) is 4.79 Å². The number of piperidine rings is 1. The molecule has 1 aliphatic heterocycles. The summed E-state index contributed by atoms with van der Waals surface area (Å²) in [5.74, 6) is -0.157. The van der Waals surface area contributed by atoms with Crippen LogP contribution in [0.1, 0.15) is 43.5 Å². The highest BCUT2D eigenvalue weighted by Crippen LogP contribution is 2.20. The van der Waals surface area contributed by atoms with Gasteiger partial charge in [-0.1, -0.05) is 19.1 Å². The highest BCUT2D eigenvalue weighted by Gasteiger charge is 2.25. The predicted molar refractivity (Wildman–Crippen MR) is 92.5 cm³/mol. The lowest BCUT2D eigenvalue weighted by Gasteiger charge is -2.29. The smallest absolute Gasteiger partial charge is 0.253 e. The monoisotopic (exact) mass is 317 g/mol. The van der Waals surface area contributed by atoms with E-state index in [1.54, 1.807) is 12.1 Å². The Balaban J connectivity index is 2.07. The van der Waals surface area contributed by atoms with Crippen LogP contribution in [0.4, 0.5) is 5.69 Å². The summed E-state index contributed by atoms with van der Waals surface area (Å²) in [6.07, 6.45) is 2.80. The standard InChI is InChI=1S/C18H27N3O2/c1-4-13(2)19-18(23)15-9-5-6-10-16(15)20-17(22)14-8-7-11-21(3)12-14/h5-6,9-10,13-14H,4,7-8,11-12H2,1-3H3,(H,19,23)(H,20,22)/t13-,14-/m1/s1. The third kappa shape index (κ3) is 4.79. The van der Waals surface area contributed by atoms with E-state index in [0.717, 1.165) is 32.4 Å². The lowest BCUT2D eigenvalue weighted by atomic mass is 9.97. The molecule has 1 fully saturated rings. The number of rotatable bonds is 5. The van der Waals surface area contributed by atoms with Gasteiger partial charge in [-0.15, -0.1) is 0 Å². The fraction of sp³-hybridized carbons (Fsp3) is 0.556. The summed E-state index contributed by atoms with van der Waals surface area (Å²) in [5.41, 5.74) is 1.11. The molecule has 2 N–H and O–H groups in total. The molecule has 2 amide bonds. The summed E-state index contributed by atoms with van der Waals surface area (Å²) in [4.78, 5) is 27.0. The molecule has 2 atom stereocenters. The fourth-order valence-electron chi connectivity index (χ4n) is 2.81. The molecule has 1 aromatic rings. The minimum atomic E-state index is -0.143. The van der Waals surface area contributed by atoms with Gasteiger partial charge < -0.3 is 15.5 Å². The van der Waals surface area contributed by atoms with Crippen LogP contribution in [0.15, 0.2) is 24.3 Å². The zero-order chi connectivity index (χ0) is 16.8. The minimum Gasteiger partial charge on any atom is -0.350 e. The van der Waals surface area contributed by atoms with E-state index >= 15 is 0 Å². The summed E-state index contributed by atoms with van der Waals surface area (Å²) < 4.78 is 0. The number of carbonyl (C=O) groups is 2. The maximum atomic E-state index is 12.5. The Kier molecular flexibility index (Phi) is 6.16. The van der Waals surface area contributed by atoms with Crippen molar-refractivity contribution in [2.45, 2.75) is 39.2 Å². The Bertz CT molecular complexity index is 559. The van der Waals surface area contributed by atoms with E-state index < -0.39 is 0 Å². The van der Waals surface area contributed by atoms with Crippen molar-refractivity contribution in [1.82, 2.24) is 10.2 Å². The third-order valence-corrected chi connectivity index (χ3v) is 4.41. The Morgan fingerprint density at radius 1 is 1.35 bits per heavy atom. The van der Waals surface area contributed by atoms with Crippen molar-refractivity contribution < 1.29 is 9.59 Å². The van der Waals surface area contributed by atoms with Gasteiger partial charge in [0.05, 0.1) is 17.2 Å². The maximum absolute atomic E-state index is 12.5. The van der Waals surface area contributed by atoms with Crippen molar-refractivity contribution >= 4 is 17.5 Å². The van der Waals surface area contributed by atoms with Crippen molar-refractivity contribution in [3.63, 3.8) is 0 Å². The van der Waals surface area contributed by atoms with Gasteiger partial charge in [0.15, 0.2) is 0 Å². The highest BCUT2D eigenvalue weighted by atomic mass is 16.2. The van der Waals surface area contributed by atoms with Crippen LogP contribution in [0, 0.1) is 5.92 Å². The number of nitrogens with zero attached hydrogens (tertiary/aromatic N) is 1. The number of para-hydroxylation sites is 1. The van der Waals surface area contributed by atoms with Gasteiger partial charge in [0.2, 0.25) is 5.91 Å². The van der Waals surface area contributed by atoms with Crippen LogP contribution in [0.3, 0.4) is 0 Å². The summed E-state index contributed by atoms with van der Waals surface area (Å²) in [5, 5.41) is 5.89. The molecule has 2 rings (SSSR count). The van der Waals surface area contributed by atoms with Gasteiger partial charge in [-0.2, -0.15) is 0 Å². The molecule has 126 valence electrons. The summed E-state index contributed by atoms with van der Waals surface area (Å²) in [6, 6.07) is 7.30. The molecule has 0 saturated carbocycles. The molecule has 5 nitrogen and oxygen atoms in total. The van der Waals surface area contributed by atoms with Gasteiger partial charge in [-0.05, 0) is 51.9 Å². The van der Waals surface area contributed by atoms with Gasteiger partial charge in [0.25, 0.3) is 5.91 Å². The molecule has 0 aromatic heterocycles. The van der Waals surface area contributed by atoms with Crippen LogP contribution in [0.25, 0.3) is 0 Å². The summed E-state index contributed by atoms with van der Waals surface area (Å²) >= 11 is 0. The number of hydrogen-bond donors (Lipinski definition) is 2. The largest absolute Gasteiger partial charge is 0.350 e. The van der Waals surface area contributed by atoms with Gasteiger partial charge in [-0.25, -0.2) is 0 Å². The summed E-state index contributed by atoms with van der Waals surface area (Å²) in [6.45, 7) is 5.81. The lowest BCUT2D eigenvalue weighted by Crippen LogP contribution is -2.39. The van der Waals surface area contributed by atoms with Gasteiger partial charge in [0, 0.05) is 12.6 Å². The molecular weight excluding hydrogens is 290 g/mol. The van der Waals surface area contributed by atoms with Crippen molar-refractivity contribution in [3.8, 4) is 0 Å². The number of nitrogens with one attached hydrogen (secondary N) is 2. The average Bonchev–Trinajstić information content (AvgIpc) is 2.55. The Morgan fingerprint density at radius 2 is 2.09 bits per heavy atom. The fourth-order valence-corrected chi connectivity index (χ4v) is 2.81. The first kappa shape index (κ1) is 17.5. The Labute approximate surface area is 138 Å². The average molecular weight is 317 g/mol. The third-order valence-electron chi connectivity index (χ3n) is 4.41. The Hall–Kier alpha value is -1.88. The lowest BCUT2D eigenvalue weighted by molar-refractivity contribution is -0.121. The number of hydrogen-bond acceptors (Lipinski definition) is 3. The molecule has 0 aliphatic carbocycles. The second-order valence-electron chi connectivity index (χ2n) is 6.42. The molecular formula is C18H27N3O2. The van der Waals surface area contributed by atoms with E-state index in [1.807, 2.05) is 33.0 Å². The van der Waals surface area contributed by atoms with Crippen LogP contribution in [-0.4, -0.2) is 42.9 Å². The van der Waals surface area contributed by atoms with Crippen molar-refractivity contribution in [2.75, 3.05) is 25.5 Å². The highest BCUT2D eigenvalue weighted by molar-refractivity contribution is 6.04. The first-order chi connectivity index (χ1) is 11.0. The van der Waals surface area contributed by atoms with Crippen molar-refractivity contribution in [2.24, 2.45) is 5.92 Å². The number of likely N-dealkylation sites (tertiary alicyclic amines) is 1. The molecule has 23 heavy (non-hydrogen) atoms. The molecule has 0 radical (unpaired) electrons. The number of amides is 2. The maximum Gasteiger partial charge on any atom is 0.253 e. The van der Waals surface area contributed by atoms with Gasteiger partial charge in [0.1, 0.15) is 0 Å². The van der Waals surface area contributed by atoms with Gasteiger partial charge >= 0.3 is 0 Å². The molecule has 1 saturated heterocycles. The van der Waals surface area contributed by atoms with Crippen LogP contribution < -0.4 is 10.6 Å². The van der Waals surface area contributed by atoms with E-state index in [-0.39, 0.29) is 23.8 Å². The second-order valence-corrected chi connectivity index (χ2v) is 6.42. The number of anilines is 1. The first-order valence-electron chi connectivity index (χ1n) is 8.40. The van der Waals surface area contributed by atoms with Crippen LogP contribution >= 0.6 is 0 Å². The topological polar surface area (TPSA) is 61.4 Å². The zero-order valence-corrected chi connectivity index (χ0v) is 14.3. The quantitative estimate of drug-likeness (QED) is 0.877. The second kappa shape index (κ2) is 8.11. The Morgan fingerprint density at radius 3 is 2.78 bits per heavy atom. The normalized spacial score (nSPS) is 19.9. The van der Waals surface area contributed by atoms with E-state index in [1.165, 1.54) is 0 Å². The molecule has 0 unspecified atom stereocenters.